The summed E-state index contributed by atoms with van der Waals surface area (Å²) in [7, 11) is 3.14. The molecule has 1 aliphatic heterocycles. The van der Waals surface area contributed by atoms with Crippen molar-refractivity contribution in [2.45, 2.75) is 32.1 Å². The van der Waals surface area contributed by atoms with Gasteiger partial charge in [0.15, 0.2) is 0 Å². The number of methoxy groups -OCH3 is 1. The fraction of sp³-hybridized carbons (Fsp3) is 0.600. The number of hydrogen-bond acceptors (Lipinski definition) is 4. The molecule has 1 aromatic carbocycles. The first kappa shape index (κ1) is 20.4. The van der Waals surface area contributed by atoms with Gasteiger partial charge >= 0.3 is 5.97 Å². The standard InChI is InChI=1S/C20H29FN2O3/c1-22(19(24)9-10-20(25)26-2)14-17-4-3-12-23(15-17)13-11-16-5-7-18(21)8-6-16/h5-8,17H,3-4,9-15H2,1-2H3/t17-/m0/s1. The van der Waals surface area contributed by atoms with Gasteiger partial charge in [0.1, 0.15) is 5.82 Å². The zero-order valence-electron chi connectivity index (χ0n) is 15.7. The van der Waals surface area contributed by atoms with Crippen molar-refractivity contribution >= 4 is 11.9 Å². The Kier molecular flexibility index (Phi) is 8.04. The smallest absolute Gasteiger partial charge is 0.306 e. The number of carbonyl (C=O) groups excluding carboxylic acids is 2. The second kappa shape index (κ2) is 10.3. The Hall–Kier alpha value is -1.95. The number of benzene rings is 1. The molecule has 0 unspecified atom stereocenters. The summed E-state index contributed by atoms with van der Waals surface area (Å²) in [6, 6.07) is 6.68. The molecule has 0 bridgehead atoms. The van der Waals surface area contributed by atoms with Gasteiger partial charge < -0.3 is 14.5 Å². The number of nitrogens with zero attached hydrogens (tertiary/aromatic N) is 2. The molecule has 1 atom stereocenters. The Morgan fingerprint density at radius 1 is 1.27 bits per heavy atom. The first-order valence-electron chi connectivity index (χ1n) is 9.25. The van der Waals surface area contributed by atoms with Crippen molar-refractivity contribution in [1.82, 2.24) is 9.80 Å². The predicted molar refractivity (Wildman–Crippen MR) is 98.2 cm³/mol. The topological polar surface area (TPSA) is 49.9 Å². The Morgan fingerprint density at radius 3 is 2.69 bits per heavy atom. The largest absolute Gasteiger partial charge is 0.469 e. The molecule has 0 N–H and O–H groups in total. The van der Waals surface area contributed by atoms with Gasteiger partial charge in [-0.3, -0.25) is 9.59 Å². The summed E-state index contributed by atoms with van der Waals surface area (Å²) in [6.07, 6.45) is 3.47. The number of halogens is 1. The van der Waals surface area contributed by atoms with Gasteiger partial charge in [0.05, 0.1) is 13.5 Å². The molecule has 0 spiro atoms. The Labute approximate surface area is 155 Å². The highest BCUT2D eigenvalue weighted by atomic mass is 19.1. The van der Waals surface area contributed by atoms with E-state index in [1.165, 1.54) is 19.2 Å². The molecule has 1 aromatic rings. The first-order chi connectivity index (χ1) is 12.5. The molecule has 0 aromatic heterocycles. The van der Waals surface area contributed by atoms with Gasteiger partial charge in [-0.25, -0.2) is 4.39 Å². The number of esters is 1. The Morgan fingerprint density at radius 2 is 2.00 bits per heavy atom. The number of piperidine rings is 1. The van der Waals surface area contributed by atoms with E-state index in [-0.39, 0.29) is 30.5 Å². The quantitative estimate of drug-likeness (QED) is 0.665. The third kappa shape index (κ3) is 6.75. The zero-order chi connectivity index (χ0) is 18.9. The number of carbonyl (C=O) groups is 2. The molecular weight excluding hydrogens is 335 g/mol. The molecule has 1 saturated heterocycles. The lowest BCUT2D eigenvalue weighted by molar-refractivity contribution is -0.143. The van der Waals surface area contributed by atoms with Crippen LogP contribution in [0, 0.1) is 11.7 Å². The van der Waals surface area contributed by atoms with Gasteiger partial charge in [-0.1, -0.05) is 12.1 Å². The van der Waals surface area contributed by atoms with Crippen molar-refractivity contribution in [3.63, 3.8) is 0 Å². The highest BCUT2D eigenvalue weighted by Crippen LogP contribution is 2.18. The predicted octanol–water partition coefficient (Wildman–Crippen LogP) is 2.49. The number of amides is 1. The van der Waals surface area contributed by atoms with Crippen LogP contribution in [-0.4, -0.2) is 62.0 Å². The van der Waals surface area contributed by atoms with Crippen molar-refractivity contribution in [2.75, 3.05) is 40.3 Å². The third-order valence-corrected chi connectivity index (χ3v) is 4.96. The number of hydrogen-bond donors (Lipinski definition) is 0. The lowest BCUT2D eigenvalue weighted by Gasteiger charge is -2.34. The van der Waals surface area contributed by atoms with Gasteiger partial charge in [0, 0.05) is 33.1 Å². The third-order valence-electron chi connectivity index (χ3n) is 4.96. The highest BCUT2D eigenvalue weighted by molar-refractivity contribution is 5.81. The van der Waals surface area contributed by atoms with Crippen LogP contribution < -0.4 is 0 Å². The van der Waals surface area contributed by atoms with Crippen molar-refractivity contribution in [1.29, 1.82) is 0 Å². The summed E-state index contributed by atoms with van der Waals surface area (Å²) >= 11 is 0. The van der Waals surface area contributed by atoms with Crippen LogP contribution in [0.2, 0.25) is 0 Å². The summed E-state index contributed by atoms with van der Waals surface area (Å²) in [5.41, 5.74) is 1.14. The monoisotopic (exact) mass is 364 g/mol. The first-order valence-corrected chi connectivity index (χ1v) is 9.25. The minimum atomic E-state index is -0.351. The molecular formula is C20H29FN2O3. The Bertz CT molecular complexity index is 591. The average molecular weight is 364 g/mol. The summed E-state index contributed by atoms with van der Waals surface area (Å²) in [5, 5.41) is 0. The van der Waals surface area contributed by atoms with Crippen LogP contribution in [0.25, 0.3) is 0 Å². The minimum Gasteiger partial charge on any atom is -0.469 e. The molecule has 5 nitrogen and oxygen atoms in total. The van der Waals surface area contributed by atoms with Gasteiger partial charge in [-0.2, -0.15) is 0 Å². The van der Waals surface area contributed by atoms with Crippen molar-refractivity contribution in [2.24, 2.45) is 5.92 Å². The van der Waals surface area contributed by atoms with Crippen LogP contribution in [0.1, 0.15) is 31.2 Å². The molecule has 6 heteroatoms. The van der Waals surface area contributed by atoms with E-state index in [1.54, 1.807) is 11.9 Å². The lowest BCUT2D eigenvalue weighted by atomic mass is 9.97. The average Bonchev–Trinajstić information content (AvgIpc) is 2.65. The van der Waals surface area contributed by atoms with Gasteiger partial charge in [-0.15, -0.1) is 0 Å². The second-order valence-corrected chi connectivity index (χ2v) is 7.04. The second-order valence-electron chi connectivity index (χ2n) is 7.04. The lowest BCUT2D eigenvalue weighted by Crippen LogP contribution is -2.42. The van der Waals surface area contributed by atoms with Crippen LogP contribution in [0.15, 0.2) is 24.3 Å². The maximum absolute atomic E-state index is 13.0. The van der Waals surface area contributed by atoms with E-state index in [9.17, 15) is 14.0 Å². The summed E-state index contributed by atoms with van der Waals surface area (Å²) < 4.78 is 17.5. The summed E-state index contributed by atoms with van der Waals surface area (Å²) in [5.74, 6) is -0.119. The van der Waals surface area contributed by atoms with E-state index < -0.39 is 0 Å². The number of rotatable bonds is 8. The van der Waals surface area contributed by atoms with Crippen molar-refractivity contribution < 1.29 is 18.7 Å². The minimum absolute atomic E-state index is 0.0150. The summed E-state index contributed by atoms with van der Waals surface area (Å²) in [4.78, 5) is 27.4. The molecule has 1 fully saturated rings. The Balaban J connectivity index is 1.73. The normalized spacial score (nSPS) is 17.7. The summed E-state index contributed by atoms with van der Waals surface area (Å²) in [6.45, 7) is 3.70. The highest BCUT2D eigenvalue weighted by Gasteiger charge is 2.22. The van der Waals surface area contributed by atoms with E-state index in [1.807, 2.05) is 12.1 Å². The molecule has 0 saturated carbocycles. The fourth-order valence-corrected chi connectivity index (χ4v) is 3.43. The van der Waals surface area contributed by atoms with Gasteiger partial charge in [0.25, 0.3) is 0 Å². The van der Waals surface area contributed by atoms with Gasteiger partial charge in [-0.05, 0) is 49.4 Å². The SMILES string of the molecule is COC(=O)CCC(=O)N(C)C[C@@H]1CCCN(CCc2ccc(F)cc2)C1. The van der Waals surface area contributed by atoms with Crippen LogP contribution in [-0.2, 0) is 20.7 Å². The molecule has 26 heavy (non-hydrogen) atoms. The molecule has 1 heterocycles. The maximum atomic E-state index is 13.0. The van der Waals surface area contributed by atoms with Crippen LogP contribution in [0.4, 0.5) is 4.39 Å². The van der Waals surface area contributed by atoms with Crippen molar-refractivity contribution in [3.8, 4) is 0 Å². The number of likely N-dealkylation sites (tertiary alicyclic amines) is 1. The zero-order valence-corrected chi connectivity index (χ0v) is 15.7. The van der Waals surface area contributed by atoms with Crippen LogP contribution >= 0.6 is 0 Å². The van der Waals surface area contributed by atoms with Crippen LogP contribution in [0.5, 0.6) is 0 Å². The molecule has 2 rings (SSSR count). The molecule has 144 valence electrons. The van der Waals surface area contributed by atoms with Crippen LogP contribution in [0.3, 0.4) is 0 Å². The maximum Gasteiger partial charge on any atom is 0.306 e. The molecule has 0 aliphatic carbocycles. The number of ether oxygens (including phenoxy) is 1. The van der Waals surface area contributed by atoms with Crippen molar-refractivity contribution in [3.05, 3.63) is 35.6 Å². The molecule has 1 amide bonds. The molecule has 1 aliphatic rings. The fourth-order valence-electron chi connectivity index (χ4n) is 3.43. The molecule has 0 radical (unpaired) electrons. The van der Waals surface area contributed by atoms with E-state index >= 15 is 0 Å². The van der Waals surface area contributed by atoms with E-state index in [0.717, 1.165) is 44.5 Å². The van der Waals surface area contributed by atoms with E-state index in [0.29, 0.717) is 12.5 Å². The van der Waals surface area contributed by atoms with Gasteiger partial charge in [0.2, 0.25) is 5.91 Å². The van der Waals surface area contributed by atoms with E-state index in [4.69, 9.17) is 0 Å². The van der Waals surface area contributed by atoms with E-state index in [2.05, 4.69) is 9.64 Å².